The zero-order valence-corrected chi connectivity index (χ0v) is 15.3. The number of amides is 1. The summed E-state index contributed by atoms with van der Waals surface area (Å²) in [7, 11) is 0. The molecule has 1 N–H and O–H groups in total. The standard InChI is InChI=1S/C23H19N3O2/c27-23(17-26-14-11-19-6-1-2-8-22(19)26)25-12-3-4-15-28-20-10-9-18-7-5-13-24-21(18)16-20/h1-2,5-11,13-14,16H,12,15,17H2,(H,25,27). The number of ether oxygens (including phenoxy) is 1. The van der Waals surface area contributed by atoms with Crippen molar-refractivity contribution in [3.8, 4) is 17.6 Å². The van der Waals surface area contributed by atoms with Crippen molar-refractivity contribution in [1.29, 1.82) is 0 Å². The van der Waals surface area contributed by atoms with Gasteiger partial charge in [-0.1, -0.05) is 36.1 Å². The first-order chi connectivity index (χ1) is 13.8. The van der Waals surface area contributed by atoms with E-state index in [4.69, 9.17) is 4.74 Å². The zero-order chi connectivity index (χ0) is 19.2. The van der Waals surface area contributed by atoms with Crippen molar-refractivity contribution in [2.75, 3.05) is 13.2 Å². The molecular weight excluding hydrogens is 350 g/mol. The van der Waals surface area contributed by atoms with Crippen molar-refractivity contribution in [2.24, 2.45) is 0 Å². The van der Waals surface area contributed by atoms with Crippen LogP contribution in [0.4, 0.5) is 0 Å². The lowest BCUT2D eigenvalue weighted by atomic mass is 10.2. The number of nitrogens with zero attached hydrogens (tertiary/aromatic N) is 2. The quantitative estimate of drug-likeness (QED) is 0.549. The number of carbonyl (C=O) groups is 1. The molecular formula is C23H19N3O2. The highest BCUT2D eigenvalue weighted by atomic mass is 16.5. The van der Waals surface area contributed by atoms with E-state index in [0.29, 0.717) is 6.54 Å². The number of carbonyl (C=O) groups excluding carboxylic acids is 1. The van der Waals surface area contributed by atoms with Crippen LogP contribution in [-0.2, 0) is 11.3 Å². The monoisotopic (exact) mass is 369 g/mol. The Bertz CT molecular complexity index is 1180. The molecule has 0 saturated heterocycles. The Morgan fingerprint density at radius 1 is 1.04 bits per heavy atom. The minimum absolute atomic E-state index is 0.0721. The van der Waals surface area contributed by atoms with Gasteiger partial charge in [-0.3, -0.25) is 9.78 Å². The minimum Gasteiger partial charge on any atom is -0.481 e. The fraction of sp³-hybridized carbons (Fsp3) is 0.130. The summed E-state index contributed by atoms with van der Waals surface area (Å²) >= 11 is 0. The van der Waals surface area contributed by atoms with E-state index in [9.17, 15) is 4.79 Å². The molecule has 2 aromatic carbocycles. The fourth-order valence-electron chi connectivity index (χ4n) is 3.00. The Morgan fingerprint density at radius 2 is 1.93 bits per heavy atom. The molecule has 0 aliphatic rings. The minimum atomic E-state index is -0.0721. The zero-order valence-electron chi connectivity index (χ0n) is 15.3. The van der Waals surface area contributed by atoms with E-state index in [1.165, 1.54) is 0 Å². The molecule has 4 aromatic rings. The van der Waals surface area contributed by atoms with Gasteiger partial charge in [0.05, 0.1) is 12.1 Å². The molecule has 0 aliphatic carbocycles. The van der Waals surface area contributed by atoms with Gasteiger partial charge in [-0.25, -0.2) is 0 Å². The third-order valence-corrected chi connectivity index (χ3v) is 4.38. The highest BCUT2D eigenvalue weighted by molar-refractivity contribution is 5.83. The highest BCUT2D eigenvalue weighted by Crippen LogP contribution is 2.18. The number of nitrogens with one attached hydrogen (secondary N) is 1. The van der Waals surface area contributed by atoms with E-state index in [2.05, 4.69) is 22.1 Å². The lowest BCUT2D eigenvalue weighted by Crippen LogP contribution is -2.27. The Labute approximate surface area is 163 Å². The maximum Gasteiger partial charge on any atom is 0.240 e. The summed E-state index contributed by atoms with van der Waals surface area (Å²) in [4.78, 5) is 16.4. The van der Waals surface area contributed by atoms with Crippen LogP contribution in [0.2, 0.25) is 0 Å². The summed E-state index contributed by atoms with van der Waals surface area (Å²) in [5.41, 5.74) is 1.93. The number of fused-ring (bicyclic) bond motifs is 2. The molecule has 1 amide bonds. The molecule has 0 aliphatic heterocycles. The summed E-state index contributed by atoms with van der Waals surface area (Å²) in [6, 6.07) is 19.6. The molecule has 0 unspecified atom stereocenters. The molecule has 2 heterocycles. The average Bonchev–Trinajstić information content (AvgIpc) is 3.13. The van der Waals surface area contributed by atoms with E-state index in [1.54, 1.807) is 6.20 Å². The maximum absolute atomic E-state index is 12.1. The van der Waals surface area contributed by atoms with Gasteiger partial charge < -0.3 is 14.6 Å². The van der Waals surface area contributed by atoms with E-state index in [-0.39, 0.29) is 19.1 Å². The van der Waals surface area contributed by atoms with Crippen molar-refractivity contribution >= 4 is 27.7 Å². The Hall–Kier alpha value is -3.78. The lowest BCUT2D eigenvalue weighted by molar-refractivity contribution is -0.121. The van der Waals surface area contributed by atoms with Gasteiger partial charge in [0.25, 0.3) is 0 Å². The van der Waals surface area contributed by atoms with Crippen LogP contribution in [0.25, 0.3) is 21.8 Å². The number of aromatic nitrogens is 2. The smallest absolute Gasteiger partial charge is 0.240 e. The molecule has 0 bridgehead atoms. The lowest BCUT2D eigenvalue weighted by Gasteiger charge is -2.05. The summed E-state index contributed by atoms with van der Waals surface area (Å²) in [5.74, 6) is 6.47. The first-order valence-corrected chi connectivity index (χ1v) is 9.03. The van der Waals surface area contributed by atoms with Crippen molar-refractivity contribution in [2.45, 2.75) is 6.54 Å². The largest absolute Gasteiger partial charge is 0.481 e. The van der Waals surface area contributed by atoms with Crippen LogP contribution in [0.3, 0.4) is 0 Å². The molecule has 0 saturated carbocycles. The third-order valence-electron chi connectivity index (χ3n) is 4.38. The molecule has 0 atom stereocenters. The molecule has 5 heteroatoms. The predicted octanol–water partition coefficient (Wildman–Crippen LogP) is 3.39. The first-order valence-electron chi connectivity index (χ1n) is 9.03. The SMILES string of the molecule is O=C(Cn1ccc2ccccc21)NCC#CCOc1ccc2cccnc2c1. The van der Waals surface area contributed by atoms with Crippen LogP contribution in [-0.4, -0.2) is 28.6 Å². The molecule has 0 spiro atoms. The molecule has 28 heavy (non-hydrogen) atoms. The van der Waals surface area contributed by atoms with E-state index >= 15 is 0 Å². The van der Waals surface area contributed by atoms with Gasteiger partial charge in [0.2, 0.25) is 5.91 Å². The average molecular weight is 369 g/mol. The Morgan fingerprint density at radius 3 is 2.89 bits per heavy atom. The highest BCUT2D eigenvalue weighted by Gasteiger charge is 2.04. The van der Waals surface area contributed by atoms with Crippen LogP contribution >= 0.6 is 0 Å². The van der Waals surface area contributed by atoms with Gasteiger partial charge in [-0.05, 0) is 35.7 Å². The Kier molecular flexibility index (Phi) is 5.21. The molecule has 4 rings (SSSR count). The summed E-state index contributed by atoms with van der Waals surface area (Å²) in [6.45, 7) is 0.826. The molecule has 0 radical (unpaired) electrons. The van der Waals surface area contributed by atoms with E-state index in [1.807, 2.05) is 71.4 Å². The van der Waals surface area contributed by atoms with Gasteiger partial charge in [-0.15, -0.1) is 0 Å². The first kappa shape index (κ1) is 17.6. The molecule has 2 aromatic heterocycles. The van der Waals surface area contributed by atoms with Gasteiger partial charge in [0, 0.05) is 29.4 Å². The normalized spacial score (nSPS) is 10.4. The van der Waals surface area contributed by atoms with Gasteiger partial charge in [0.15, 0.2) is 0 Å². The number of pyridine rings is 1. The number of hydrogen-bond acceptors (Lipinski definition) is 3. The number of rotatable bonds is 5. The second-order valence-electron chi connectivity index (χ2n) is 6.28. The number of para-hydroxylation sites is 1. The van der Waals surface area contributed by atoms with Crippen molar-refractivity contribution < 1.29 is 9.53 Å². The van der Waals surface area contributed by atoms with Crippen molar-refractivity contribution in [3.05, 3.63) is 73.1 Å². The van der Waals surface area contributed by atoms with Crippen molar-refractivity contribution in [1.82, 2.24) is 14.9 Å². The third kappa shape index (κ3) is 4.13. The van der Waals surface area contributed by atoms with E-state index < -0.39 is 0 Å². The second-order valence-corrected chi connectivity index (χ2v) is 6.28. The molecule has 5 nitrogen and oxygen atoms in total. The van der Waals surface area contributed by atoms with Crippen LogP contribution in [0.1, 0.15) is 0 Å². The predicted molar refractivity (Wildman–Crippen MR) is 110 cm³/mol. The van der Waals surface area contributed by atoms with Crippen LogP contribution < -0.4 is 10.1 Å². The Balaban J connectivity index is 1.24. The summed E-state index contributed by atoms with van der Waals surface area (Å²) in [5, 5.41) is 5.00. The maximum atomic E-state index is 12.1. The number of benzene rings is 2. The molecule has 0 fully saturated rings. The van der Waals surface area contributed by atoms with Gasteiger partial charge >= 0.3 is 0 Å². The van der Waals surface area contributed by atoms with Crippen molar-refractivity contribution in [3.63, 3.8) is 0 Å². The second kappa shape index (κ2) is 8.28. The number of hydrogen-bond donors (Lipinski definition) is 1. The van der Waals surface area contributed by atoms with Gasteiger partial charge in [-0.2, -0.15) is 0 Å². The summed E-state index contributed by atoms with van der Waals surface area (Å²) < 4.78 is 7.55. The summed E-state index contributed by atoms with van der Waals surface area (Å²) in [6.07, 6.45) is 3.67. The van der Waals surface area contributed by atoms with E-state index in [0.717, 1.165) is 27.6 Å². The topological polar surface area (TPSA) is 56.2 Å². The van der Waals surface area contributed by atoms with Gasteiger partial charge in [0.1, 0.15) is 18.9 Å². The molecule has 138 valence electrons. The van der Waals surface area contributed by atoms with Crippen LogP contribution in [0.15, 0.2) is 73.1 Å². The fourth-order valence-corrected chi connectivity index (χ4v) is 3.00. The van der Waals surface area contributed by atoms with Crippen LogP contribution in [0, 0.1) is 11.8 Å². The van der Waals surface area contributed by atoms with Crippen LogP contribution in [0.5, 0.6) is 5.75 Å².